The molecule has 84 valence electrons. The molecule has 1 N–H and O–H groups in total. The van der Waals surface area contributed by atoms with Crippen molar-refractivity contribution in [2.45, 2.75) is 6.92 Å². The first kappa shape index (κ1) is 9.84. The quantitative estimate of drug-likeness (QED) is 0.694. The Hall–Kier alpha value is -2.36. The standard InChI is InChI=1S/C13H9NO3/c1-7-2-3-8-5-9-6-11(13(15)16)17-12(9)14-10(8)4-7/h2-6H,1H3,(H,15,16). The van der Waals surface area contributed by atoms with Crippen molar-refractivity contribution in [3.63, 3.8) is 0 Å². The molecular weight excluding hydrogens is 218 g/mol. The molecule has 0 radical (unpaired) electrons. The van der Waals surface area contributed by atoms with Crippen LogP contribution in [0.2, 0.25) is 0 Å². The van der Waals surface area contributed by atoms with Crippen LogP contribution in [0, 0.1) is 6.92 Å². The van der Waals surface area contributed by atoms with Crippen molar-refractivity contribution >= 4 is 28.0 Å². The topological polar surface area (TPSA) is 63.3 Å². The van der Waals surface area contributed by atoms with Crippen molar-refractivity contribution in [2.75, 3.05) is 0 Å². The Labute approximate surface area is 96.5 Å². The molecule has 0 spiro atoms. The van der Waals surface area contributed by atoms with E-state index in [1.165, 1.54) is 6.07 Å². The lowest BCUT2D eigenvalue weighted by Gasteiger charge is -1.97. The van der Waals surface area contributed by atoms with E-state index in [2.05, 4.69) is 4.98 Å². The van der Waals surface area contributed by atoms with Crippen molar-refractivity contribution in [3.8, 4) is 0 Å². The minimum Gasteiger partial charge on any atom is -0.475 e. The van der Waals surface area contributed by atoms with Crippen LogP contribution in [0.1, 0.15) is 16.1 Å². The smallest absolute Gasteiger partial charge is 0.371 e. The van der Waals surface area contributed by atoms with Gasteiger partial charge in [0.05, 0.1) is 5.52 Å². The Kier molecular flexibility index (Phi) is 1.92. The normalized spacial score (nSPS) is 11.1. The van der Waals surface area contributed by atoms with E-state index >= 15 is 0 Å². The Morgan fingerprint density at radius 3 is 2.82 bits per heavy atom. The number of hydrogen-bond donors (Lipinski definition) is 1. The van der Waals surface area contributed by atoms with E-state index in [9.17, 15) is 4.79 Å². The van der Waals surface area contributed by atoms with Gasteiger partial charge < -0.3 is 9.52 Å². The molecular formula is C13H9NO3. The molecule has 2 aromatic heterocycles. The molecule has 0 aliphatic heterocycles. The zero-order chi connectivity index (χ0) is 12.0. The maximum atomic E-state index is 10.8. The molecule has 0 saturated heterocycles. The van der Waals surface area contributed by atoms with Crippen molar-refractivity contribution in [3.05, 3.63) is 41.7 Å². The first-order valence-electron chi connectivity index (χ1n) is 5.18. The number of aryl methyl sites for hydroxylation is 1. The second-order valence-electron chi connectivity index (χ2n) is 3.99. The molecule has 3 rings (SSSR count). The summed E-state index contributed by atoms with van der Waals surface area (Å²) in [6.07, 6.45) is 0. The molecule has 0 fully saturated rings. The zero-order valence-electron chi connectivity index (χ0n) is 9.10. The Morgan fingerprint density at radius 2 is 2.06 bits per heavy atom. The first-order valence-corrected chi connectivity index (χ1v) is 5.18. The van der Waals surface area contributed by atoms with Gasteiger partial charge >= 0.3 is 5.97 Å². The van der Waals surface area contributed by atoms with Crippen molar-refractivity contribution in [1.82, 2.24) is 4.98 Å². The SMILES string of the molecule is Cc1ccc2cc3cc(C(=O)O)oc3nc2c1. The van der Waals surface area contributed by atoms with Gasteiger partial charge in [-0.25, -0.2) is 9.78 Å². The highest BCUT2D eigenvalue weighted by molar-refractivity contribution is 5.95. The summed E-state index contributed by atoms with van der Waals surface area (Å²) in [5.74, 6) is -1.16. The molecule has 1 aromatic carbocycles. The Morgan fingerprint density at radius 1 is 1.24 bits per heavy atom. The van der Waals surface area contributed by atoms with Crippen molar-refractivity contribution in [2.24, 2.45) is 0 Å². The highest BCUT2D eigenvalue weighted by Gasteiger charge is 2.11. The lowest BCUT2D eigenvalue weighted by molar-refractivity contribution is 0.0664. The van der Waals surface area contributed by atoms with Gasteiger partial charge in [0.2, 0.25) is 11.5 Å². The molecule has 0 aliphatic carbocycles. The Bertz CT molecular complexity index is 743. The number of carboxylic acid groups (broad SMARTS) is 1. The van der Waals surface area contributed by atoms with Gasteiger partial charge in [-0.15, -0.1) is 0 Å². The lowest BCUT2D eigenvalue weighted by Crippen LogP contribution is -1.91. The van der Waals surface area contributed by atoms with Crippen LogP contribution in [0.5, 0.6) is 0 Å². The first-order chi connectivity index (χ1) is 8.13. The van der Waals surface area contributed by atoms with Crippen LogP contribution in [0.3, 0.4) is 0 Å². The van der Waals surface area contributed by atoms with Gasteiger partial charge in [-0.05, 0) is 24.6 Å². The van der Waals surface area contributed by atoms with Crippen molar-refractivity contribution < 1.29 is 14.3 Å². The zero-order valence-corrected chi connectivity index (χ0v) is 9.10. The van der Waals surface area contributed by atoms with Crippen molar-refractivity contribution in [1.29, 1.82) is 0 Å². The van der Waals surface area contributed by atoms with Gasteiger partial charge in [-0.2, -0.15) is 0 Å². The summed E-state index contributed by atoms with van der Waals surface area (Å²) in [5, 5.41) is 10.5. The molecule has 4 nitrogen and oxygen atoms in total. The van der Waals surface area contributed by atoms with Crippen LogP contribution in [0.25, 0.3) is 22.0 Å². The molecule has 0 saturated carbocycles. The predicted octanol–water partition coefficient (Wildman–Crippen LogP) is 2.99. The van der Waals surface area contributed by atoms with E-state index < -0.39 is 5.97 Å². The second kappa shape index (κ2) is 3.31. The summed E-state index contributed by atoms with van der Waals surface area (Å²) in [7, 11) is 0. The van der Waals surface area contributed by atoms with E-state index in [-0.39, 0.29) is 5.76 Å². The predicted molar refractivity (Wildman–Crippen MR) is 63.2 cm³/mol. The number of aromatic carboxylic acids is 1. The number of fused-ring (bicyclic) bond motifs is 2. The lowest BCUT2D eigenvalue weighted by atomic mass is 10.1. The molecule has 0 aliphatic rings. The molecule has 4 heteroatoms. The number of rotatable bonds is 1. The fourth-order valence-electron chi connectivity index (χ4n) is 1.84. The molecule has 0 unspecified atom stereocenters. The number of benzene rings is 1. The van der Waals surface area contributed by atoms with Crippen LogP contribution in [-0.4, -0.2) is 16.1 Å². The van der Waals surface area contributed by atoms with Gasteiger partial charge in [0, 0.05) is 16.8 Å². The fourth-order valence-corrected chi connectivity index (χ4v) is 1.84. The Balaban J connectivity index is 2.36. The molecule has 0 atom stereocenters. The largest absolute Gasteiger partial charge is 0.475 e. The number of nitrogens with zero attached hydrogens (tertiary/aromatic N) is 1. The monoisotopic (exact) mass is 227 g/mol. The molecule has 0 amide bonds. The molecule has 2 heterocycles. The van der Waals surface area contributed by atoms with Crippen LogP contribution >= 0.6 is 0 Å². The maximum Gasteiger partial charge on any atom is 0.371 e. The van der Waals surface area contributed by atoms with Crippen LogP contribution in [0.15, 0.2) is 34.7 Å². The summed E-state index contributed by atoms with van der Waals surface area (Å²) in [6, 6.07) is 9.27. The van der Waals surface area contributed by atoms with Gasteiger partial charge in [0.15, 0.2) is 0 Å². The van der Waals surface area contributed by atoms with Gasteiger partial charge in [0.1, 0.15) is 0 Å². The molecule has 0 bridgehead atoms. The number of furan rings is 1. The maximum absolute atomic E-state index is 10.8. The molecule has 3 aromatic rings. The van der Waals surface area contributed by atoms with E-state index in [4.69, 9.17) is 9.52 Å². The third-order valence-corrected chi connectivity index (χ3v) is 2.67. The minimum atomic E-state index is -1.08. The summed E-state index contributed by atoms with van der Waals surface area (Å²) in [5.41, 5.74) is 2.28. The number of carbonyl (C=O) groups is 1. The van der Waals surface area contributed by atoms with Gasteiger partial charge in [-0.1, -0.05) is 12.1 Å². The average Bonchev–Trinajstić information content (AvgIpc) is 2.68. The van der Waals surface area contributed by atoms with Crippen LogP contribution < -0.4 is 0 Å². The second-order valence-corrected chi connectivity index (χ2v) is 3.99. The minimum absolute atomic E-state index is 0.0838. The summed E-state index contributed by atoms with van der Waals surface area (Å²) < 4.78 is 5.17. The summed E-state index contributed by atoms with van der Waals surface area (Å²) in [6.45, 7) is 1.98. The van der Waals surface area contributed by atoms with E-state index in [0.717, 1.165) is 16.5 Å². The van der Waals surface area contributed by atoms with Crippen LogP contribution in [0.4, 0.5) is 0 Å². The summed E-state index contributed by atoms with van der Waals surface area (Å²) >= 11 is 0. The molecule has 17 heavy (non-hydrogen) atoms. The van der Waals surface area contributed by atoms with Crippen LogP contribution in [-0.2, 0) is 0 Å². The number of hydrogen-bond acceptors (Lipinski definition) is 3. The third-order valence-electron chi connectivity index (χ3n) is 2.67. The third kappa shape index (κ3) is 1.54. The van der Waals surface area contributed by atoms with E-state index in [1.807, 2.05) is 31.2 Å². The van der Waals surface area contributed by atoms with Gasteiger partial charge in [-0.3, -0.25) is 0 Å². The highest BCUT2D eigenvalue weighted by atomic mass is 16.4. The van der Waals surface area contributed by atoms with E-state index in [0.29, 0.717) is 11.1 Å². The summed E-state index contributed by atoms with van der Waals surface area (Å²) in [4.78, 5) is 15.1. The van der Waals surface area contributed by atoms with Gasteiger partial charge in [0.25, 0.3) is 0 Å². The van der Waals surface area contributed by atoms with E-state index in [1.54, 1.807) is 0 Å². The fraction of sp³-hybridized carbons (Fsp3) is 0.0769. The number of carboxylic acids is 1. The number of aromatic nitrogens is 1. The highest BCUT2D eigenvalue weighted by Crippen LogP contribution is 2.23. The average molecular weight is 227 g/mol. The number of pyridine rings is 1.